The third-order valence-corrected chi connectivity index (χ3v) is 5.32. The zero-order valence-electron chi connectivity index (χ0n) is 17.3. The van der Waals surface area contributed by atoms with Gasteiger partial charge in [-0.25, -0.2) is 14.6 Å². The number of anilines is 1. The first kappa shape index (κ1) is 22.3. The number of carbonyl (C=O) groups is 3. The second-order valence-corrected chi connectivity index (χ2v) is 7.37. The van der Waals surface area contributed by atoms with Crippen LogP contribution in [0.4, 0.5) is 18.9 Å². The quantitative estimate of drug-likeness (QED) is 0.469. The van der Waals surface area contributed by atoms with Crippen molar-refractivity contribution >= 4 is 23.5 Å². The van der Waals surface area contributed by atoms with Crippen molar-refractivity contribution in [3.63, 3.8) is 0 Å². The molecule has 10 heteroatoms. The number of aryl methyl sites for hydroxylation is 1. The van der Waals surface area contributed by atoms with Crippen LogP contribution in [0.1, 0.15) is 50.8 Å². The van der Waals surface area contributed by atoms with Crippen LogP contribution in [0, 0.1) is 0 Å². The molecule has 1 aromatic heterocycles. The number of amides is 1. The van der Waals surface area contributed by atoms with E-state index in [2.05, 4.69) is 14.7 Å². The monoisotopic (exact) mass is 457 g/mol. The van der Waals surface area contributed by atoms with E-state index in [4.69, 9.17) is 0 Å². The Hall–Kier alpha value is -3.95. The van der Waals surface area contributed by atoms with Gasteiger partial charge in [-0.05, 0) is 30.2 Å². The van der Waals surface area contributed by atoms with Crippen LogP contribution in [0.5, 0.6) is 0 Å². The van der Waals surface area contributed by atoms with Crippen molar-refractivity contribution in [2.45, 2.75) is 32.0 Å². The van der Waals surface area contributed by atoms with Gasteiger partial charge in [0.15, 0.2) is 0 Å². The Balaban J connectivity index is 1.73. The van der Waals surface area contributed by atoms with Gasteiger partial charge in [-0.15, -0.1) is 0 Å². The molecular weight excluding hydrogens is 439 g/mol. The van der Waals surface area contributed by atoms with Crippen molar-refractivity contribution in [1.29, 1.82) is 0 Å². The van der Waals surface area contributed by atoms with Crippen LogP contribution in [0.2, 0.25) is 0 Å². The van der Waals surface area contributed by atoms with Gasteiger partial charge in [-0.1, -0.05) is 37.3 Å². The summed E-state index contributed by atoms with van der Waals surface area (Å²) in [6, 6.07) is 11.9. The third-order valence-electron chi connectivity index (χ3n) is 5.32. The maximum atomic E-state index is 13.6. The number of nitrogens with one attached hydrogen (secondary N) is 1. The van der Waals surface area contributed by atoms with Gasteiger partial charge in [0.1, 0.15) is 5.82 Å². The molecule has 2 heterocycles. The highest BCUT2D eigenvalue weighted by Gasteiger charge is 2.43. The van der Waals surface area contributed by atoms with Crippen LogP contribution in [0.25, 0.3) is 0 Å². The Bertz CT molecular complexity index is 1240. The third kappa shape index (κ3) is 4.23. The second-order valence-electron chi connectivity index (χ2n) is 7.37. The van der Waals surface area contributed by atoms with Gasteiger partial charge in [0, 0.05) is 18.3 Å². The fourth-order valence-electron chi connectivity index (χ4n) is 3.76. The van der Waals surface area contributed by atoms with E-state index in [-0.39, 0.29) is 5.56 Å². The molecule has 170 valence electrons. The van der Waals surface area contributed by atoms with Crippen molar-refractivity contribution in [3.8, 4) is 0 Å². The van der Waals surface area contributed by atoms with Gasteiger partial charge in [0.25, 0.3) is 5.91 Å². The largest absolute Gasteiger partial charge is 0.491 e. The molecule has 0 bridgehead atoms. The lowest BCUT2D eigenvalue weighted by Crippen LogP contribution is -2.34. The molecule has 1 aliphatic heterocycles. The first-order chi connectivity index (χ1) is 15.7. The summed E-state index contributed by atoms with van der Waals surface area (Å²) in [5.74, 6) is -4.30. The number of ether oxygens (including phenoxy) is 1. The van der Waals surface area contributed by atoms with Gasteiger partial charge in [-0.3, -0.25) is 9.69 Å². The fraction of sp³-hybridized carbons (Fsp3) is 0.217. The Morgan fingerprint density at radius 1 is 1.09 bits per heavy atom. The molecular formula is C23H18F3N3O4. The van der Waals surface area contributed by atoms with E-state index >= 15 is 0 Å². The number of rotatable bonds is 4. The lowest BCUT2D eigenvalue weighted by molar-refractivity contribution is -0.193. The first-order valence-electron chi connectivity index (χ1n) is 10.1. The van der Waals surface area contributed by atoms with Crippen LogP contribution < -0.4 is 4.90 Å². The second kappa shape index (κ2) is 8.53. The lowest BCUT2D eigenvalue weighted by Gasteiger charge is -2.25. The van der Waals surface area contributed by atoms with E-state index in [0.717, 1.165) is 17.3 Å². The van der Waals surface area contributed by atoms with Crippen LogP contribution in [-0.4, -0.2) is 34.0 Å². The number of fused-ring (bicyclic) bond motifs is 1. The summed E-state index contributed by atoms with van der Waals surface area (Å²) in [5.41, 5.74) is 1.63. The van der Waals surface area contributed by atoms with Gasteiger partial charge >= 0.3 is 18.1 Å². The number of imidazole rings is 1. The van der Waals surface area contributed by atoms with Crippen molar-refractivity contribution < 1.29 is 32.3 Å². The van der Waals surface area contributed by atoms with Crippen LogP contribution >= 0.6 is 0 Å². The minimum atomic E-state index is -5.34. The standard InChI is InChI=1S/C23H18F3N3O4/c1-2-14-12-27-19(28-14)18-11-13-7-3-6-10-17(13)29(18)20(30)15-8-4-5-9-16(15)21(31)33-22(32)23(24,25)26/h3-10,12,18H,2,11H2,1H3,(H,27,28). The molecule has 1 amide bonds. The fourth-order valence-corrected chi connectivity index (χ4v) is 3.76. The summed E-state index contributed by atoms with van der Waals surface area (Å²) in [7, 11) is 0. The van der Waals surface area contributed by atoms with E-state index in [1.807, 2.05) is 19.1 Å². The van der Waals surface area contributed by atoms with E-state index in [1.54, 1.807) is 18.3 Å². The molecule has 0 spiro atoms. The molecule has 33 heavy (non-hydrogen) atoms. The number of aromatic amines is 1. The van der Waals surface area contributed by atoms with Gasteiger partial charge in [-0.2, -0.15) is 13.2 Å². The zero-order valence-corrected chi connectivity index (χ0v) is 17.3. The summed E-state index contributed by atoms with van der Waals surface area (Å²) in [5, 5.41) is 0. The number of para-hydroxylation sites is 1. The molecule has 0 fully saturated rings. The number of halogens is 3. The number of hydrogen-bond donors (Lipinski definition) is 1. The van der Waals surface area contributed by atoms with Crippen molar-refractivity contribution in [3.05, 3.63) is 82.9 Å². The minimum Gasteiger partial charge on any atom is -0.383 e. The van der Waals surface area contributed by atoms with Crippen LogP contribution in [0.3, 0.4) is 0 Å². The molecule has 1 atom stereocenters. The van der Waals surface area contributed by atoms with Crippen molar-refractivity contribution in [1.82, 2.24) is 9.97 Å². The number of carbonyl (C=O) groups excluding carboxylic acids is 3. The maximum Gasteiger partial charge on any atom is 0.491 e. The smallest absolute Gasteiger partial charge is 0.383 e. The number of benzene rings is 2. The molecule has 4 rings (SSSR count). The molecule has 3 aromatic rings. The summed E-state index contributed by atoms with van der Waals surface area (Å²) >= 11 is 0. The Kier molecular flexibility index (Phi) is 5.75. The van der Waals surface area contributed by atoms with Gasteiger partial charge < -0.3 is 9.72 Å². The first-order valence-corrected chi connectivity index (χ1v) is 10.1. The molecule has 1 aliphatic rings. The van der Waals surface area contributed by atoms with E-state index in [1.165, 1.54) is 23.1 Å². The Morgan fingerprint density at radius 2 is 1.76 bits per heavy atom. The number of hydrogen-bond acceptors (Lipinski definition) is 5. The average molecular weight is 457 g/mol. The maximum absolute atomic E-state index is 13.6. The highest BCUT2D eigenvalue weighted by atomic mass is 19.4. The molecule has 1 unspecified atom stereocenters. The molecule has 1 N–H and O–H groups in total. The summed E-state index contributed by atoms with van der Waals surface area (Å²) in [6.45, 7) is 1.94. The number of H-pyrrole nitrogens is 1. The predicted octanol–water partition coefficient (Wildman–Crippen LogP) is 4.16. The Morgan fingerprint density at radius 3 is 2.42 bits per heavy atom. The van der Waals surface area contributed by atoms with Crippen LogP contribution in [-0.2, 0) is 22.4 Å². The summed E-state index contributed by atoms with van der Waals surface area (Å²) in [6.07, 6.45) is -2.46. The lowest BCUT2D eigenvalue weighted by atomic mass is 10.1. The number of alkyl halides is 3. The van der Waals surface area contributed by atoms with Crippen molar-refractivity contribution in [2.75, 3.05) is 4.90 Å². The number of esters is 2. The van der Waals surface area contributed by atoms with Crippen LogP contribution in [0.15, 0.2) is 54.7 Å². The minimum absolute atomic E-state index is 0.193. The normalized spacial score (nSPS) is 15.3. The SMILES string of the molecule is CCc1c[nH]c(C2Cc3ccccc3N2C(=O)c2ccccc2C(=O)OC(=O)C(F)(F)F)n1. The molecule has 7 nitrogen and oxygen atoms in total. The molecule has 0 radical (unpaired) electrons. The highest BCUT2D eigenvalue weighted by Crippen LogP contribution is 2.40. The number of nitrogens with zero attached hydrogens (tertiary/aromatic N) is 2. The average Bonchev–Trinajstić information content (AvgIpc) is 3.42. The van der Waals surface area contributed by atoms with Crippen molar-refractivity contribution in [2.24, 2.45) is 0 Å². The van der Waals surface area contributed by atoms with E-state index in [0.29, 0.717) is 24.4 Å². The topological polar surface area (TPSA) is 92.4 Å². The molecule has 0 saturated carbocycles. The molecule has 0 saturated heterocycles. The Labute approximate surface area is 186 Å². The predicted molar refractivity (Wildman–Crippen MR) is 111 cm³/mol. The molecule has 0 aliphatic carbocycles. The van der Waals surface area contributed by atoms with E-state index in [9.17, 15) is 27.6 Å². The summed E-state index contributed by atoms with van der Waals surface area (Å²) < 4.78 is 41.6. The highest BCUT2D eigenvalue weighted by molar-refractivity contribution is 6.14. The summed E-state index contributed by atoms with van der Waals surface area (Å²) in [4.78, 5) is 46.2. The molecule has 2 aromatic carbocycles. The van der Waals surface area contributed by atoms with Gasteiger partial charge in [0.2, 0.25) is 0 Å². The van der Waals surface area contributed by atoms with Gasteiger partial charge in [0.05, 0.1) is 22.9 Å². The number of aromatic nitrogens is 2. The van der Waals surface area contributed by atoms with E-state index < -0.39 is 35.6 Å². The zero-order chi connectivity index (χ0) is 23.8.